The van der Waals surface area contributed by atoms with Crippen LogP contribution in [0.1, 0.15) is 36.5 Å². The highest BCUT2D eigenvalue weighted by Gasteiger charge is 2.64. The van der Waals surface area contributed by atoms with Gasteiger partial charge >= 0.3 is 0 Å². The molecule has 3 aliphatic carbocycles. The van der Waals surface area contributed by atoms with Crippen molar-refractivity contribution in [3.63, 3.8) is 0 Å². The number of aromatic hydroxyl groups is 1. The van der Waals surface area contributed by atoms with Gasteiger partial charge in [-0.25, -0.2) is 0 Å². The number of phenolic OH excluding ortho intramolecular Hbond substituents is 1. The van der Waals surface area contributed by atoms with Crippen LogP contribution in [0.15, 0.2) is 23.0 Å². The van der Waals surface area contributed by atoms with Crippen LogP contribution in [0.25, 0.3) is 5.76 Å². The molecule has 4 aliphatic rings. The normalized spacial score (nSPS) is 29.0. The number of hydrogen-bond donors (Lipinski definition) is 6. The number of nitrogens with one attached hydrogen (secondary N) is 1. The van der Waals surface area contributed by atoms with Gasteiger partial charge in [0.2, 0.25) is 11.7 Å². The van der Waals surface area contributed by atoms with Gasteiger partial charge < -0.3 is 36.4 Å². The molecule has 1 saturated carbocycles. The van der Waals surface area contributed by atoms with Crippen LogP contribution in [0.3, 0.4) is 0 Å². The van der Waals surface area contributed by atoms with Crippen molar-refractivity contribution in [2.24, 2.45) is 17.6 Å². The molecule has 0 spiro atoms. The number of aliphatic hydroxyl groups excluding tert-OH is 2. The molecule has 43 heavy (non-hydrogen) atoms. The number of nitrogens with two attached hydrogens (primary N) is 1. The average molecular weight is 598 g/mol. The number of likely N-dealkylation sites (tertiary alicyclic amines) is 1. The maximum Gasteiger partial charge on any atom is 0.255 e. The van der Waals surface area contributed by atoms with Crippen molar-refractivity contribution < 1.29 is 39.6 Å². The van der Waals surface area contributed by atoms with Gasteiger partial charge in [-0.15, -0.1) is 0 Å². The van der Waals surface area contributed by atoms with E-state index in [4.69, 9.17) is 5.73 Å². The Morgan fingerprint density at radius 2 is 1.84 bits per heavy atom. The maximum atomic E-state index is 14.1. The van der Waals surface area contributed by atoms with Gasteiger partial charge in [0.15, 0.2) is 11.4 Å². The Balaban J connectivity index is 1.62. The minimum atomic E-state index is -2.68. The van der Waals surface area contributed by atoms with E-state index in [1.54, 1.807) is 20.2 Å². The molecule has 5 rings (SSSR count). The molecule has 0 aromatic heterocycles. The molecule has 2 amide bonds. The highest BCUT2D eigenvalue weighted by molar-refractivity contribution is 6.24. The Kier molecular flexibility index (Phi) is 7.56. The van der Waals surface area contributed by atoms with Gasteiger partial charge in [0.25, 0.3) is 5.91 Å². The molecule has 0 radical (unpaired) electrons. The zero-order chi connectivity index (χ0) is 31.7. The van der Waals surface area contributed by atoms with Gasteiger partial charge in [0.1, 0.15) is 22.8 Å². The van der Waals surface area contributed by atoms with Gasteiger partial charge in [0, 0.05) is 63.9 Å². The standard InChI is InChI=1S/C30H39N5O8/c1-13(36)32-16-6-7-35(12-16)11-15-10-19(37)21-17(23(15)33(2)3)8-14-9-18-24(34(4)5)26(39)22(29(31)42)28(41)30(18,43)27(40)20(14)25(21)38/h10,14,16,18,24,37-38,41,43H,6-9,11-12H2,1-5H3,(H2,31,42)(H,32,36)/t14-,16-,18-,24-,30-/m0/s1. The molecule has 13 heteroatoms. The maximum absolute atomic E-state index is 14.1. The van der Waals surface area contributed by atoms with Crippen LogP contribution in [-0.2, 0) is 32.1 Å². The molecule has 1 aliphatic heterocycles. The Morgan fingerprint density at radius 1 is 1.16 bits per heavy atom. The number of ketones is 2. The van der Waals surface area contributed by atoms with E-state index in [-0.39, 0.29) is 41.7 Å². The average Bonchev–Trinajstić information content (AvgIpc) is 3.31. The topological polar surface area (TPSA) is 197 Å². The molecule has 1 heterocycles. The number of primary amides is 1. The van der Waals surface area contributed by atoms with Crippen molar-refractivity contribution in [2.75, 3.05) is 46.2 Å². The molecule has 2 fully saturated rings. The van der Waals surface area contributed by atoms with Crippen LogP contribution >= 0.6 is 0 Å². The summed E-state index contributed by atoms with van der Waals surface area (Å²) in [7, 11) is 6.82. The number of nitrogens with zero attached hydrogens (tertiary/aromatic N) is 3. The SMILES string of the molecule is CC(=O)N[C@H]1CCN(Cc2cc(O)c3c(c2N(C)C)C[C@H]2C[C@H]4[C@H](N(C)C)C(=O)C(C(N)=O)=C(O)[C@@]4(O)C(=O)C2=C3O)C1. The first-order valence-corrected chi connectivity index (χ1v) is 14.3. The summed E-state index contributed by atoms with van der Waals surface area (Å²) < 4.78 is 0. The lowest BCUT2D eigenvalue weighted by Gasteiger charge is -2.50. The quantitative estimate of drug-likeness (QED) is 0.236. The molecule has 1 saturated heterocycles. The molecule has 13 nitrogen and oxygen atoms in total. The predicted octanol–water partition coefficient (Wildman–Crippen LogP) is -0.260. The van der Waals surface area contributed by atoms with Crippen LogP contribution in [0.5, 0.6) is 5.75 Å². The number of hydrogen-bond acceptors (Lipinski definition) is 11. The molecule has 0 bridgehead atoms. The predicted molar refractivity (Wildman–Crippen MR) is 156 cm³/mol. The summed E-state index contributed by atoms with van der Waals surface area (Å²) in [6.45, 7) is 3.34. The fraction of sp³-hybridized carbons (Fsp3) is 0.533. The van der Waals surface area contributed by atoms with Crippen molar-refractivity contribution >= 4 is 34.8 Å². The number of aliphatic hydroxyl groups is 3. The van der Waals surface area contributed by atoms with E-state index < -0.39 is 58.0 Å². The van der Waals surface area contributed by atoms with E-state index in [0.29, 0.717) is 18.7 Å². The third-order valence-electron chi connectivity index (χ3n) is 9.29. The van der Waals surface area contributed by atoms with Crippen LogP contribution in [0.4, 0.5) is 5.69 Å². The third-order valence-corrected chi connectivity index (χ3v) is 9.29. The lowest BCUT2D eigenvalue weighted by molar-refractivity contribution is -0.153. The first kappa shape index (κ1) is 30.5. The molecular formula is C30H39N5O8. The Hall–Kier alpha value is -3.94. The number of phenols is 1. The molecule has 5 atom stereocenters. The number of carbonyl (C=O) groups is 4. The van der Waals surface area contributed by atoms with Gasteiger partial charge in [0.05, 0.1) is 11.6 Å². The lowest BCUT2D eigenvalue weighted by atomic mass is 9.57. The van der Waals surface area contributed by atoms with E-state index >= 15 is 0 Å². The fourth-order valence-corrected chi connectivity index (χ4v) is 7.67. The van der Waals surface area contributed by atoms with Gasteiger partial charge in [-0.05, 0) is 56.5 Å². The van der Waals surface area contributed by atoms with Crippen molar-refractivity contribution in [1.82, 2.24) is 15.1 Å². The summed E-state index contributed by atoms with van der Waals surface area (Å²) in [5, 5.41) is 48.5. The highest BCUT2D eigenvalue weighted by atomic mass is 16.3. The Labute approximate surface area is 249 Å². The van der Waals surface area contributed by atoms with Crippen LogP contribution < -0.4 is 16.0 Å². The zero-order valence-corrected chi connectivity index (χ0v) is 25.0. The second-order valence-electron chi connectivity index (χ2n) is 12.5. The Bertz CT molecular complexity index is 1500. The van der Waals surface area contributed by atoms with Crippen LogP contribution in [-0.4, -0.2) is 113 Å². The number of anilines is 1. The summed E-state index contributed by atoms with van der Waals surface area (Å²) in [6.07, 6.45) is 1.02. The van der Waals surface area contributed by atoms with Crippen LogP contribution in [0, 0.1) is 11.8 Å². The van der Waals surface area contributed by atoms with E-state index in [0.717, 1.165) is 24.2 Å². The number of fused-ring (bicyclic) bond motifs is 3. The molecule has 232 valence electrons. The molecular weight excluding hydrogens is 558 g/mol. The zero-order valence-electron chi connectivity index (χ0n) is 25.0. The summed E-state index contributed by atoms with van der Waals surface area (Å²) in [5.41, 5.74) is 3.91. The molecule has 1 aromatic rings. The van der Waals surface area contributed by atoms with Crippen molar-refractivity contribution in [2.45, 2.75) is 50.4 Å². The number of benzene rings is 1. The number of likely N-dealkylation sites (N-methyl/N-ethyl adjacent to an activating group) is 1. The summed E-state index contributed by atoms with van der Waals surface area (Å²) >= 11 is 0. The summed E-state index contributed by atoms with van der Waals surface area (Å²) in [4.78, 5) is 56.6. The first-order valence-electron chi connectivity index (χ1n) is 14.3. The fourth-order valence-electron chi connectivity index (χ4n) is 7.67. The summed E-state index contributed by atoms with van der Waals surface area (Å²) in [6, 6.07) is 0.430. The van der Waals surface area contributed by atoms with E-state index in [1.165, 1.54) is 11.8 Å². The number of rotatable bonds is 6. The number of carbonyl (C=O) groups excluding carboxylic acids is 4. The van der Waals surface area contributed by atoms with Crippen molar-refractivity contribution in [1.29, 1.82) is 0 Å². The van der Waals surface area contributed by atoms with Crippen LogP contribution in [0.2, 0.25) is 0 Å². The number of amides is 2. The second-order valence-corrected chi connectivity index (χ2v) is 12.5. The Morgan fingerprint density at radius 3 is 2.42 bits per heavy atom. The summed E-state index contributed by atoms with van der Waals surface area (Å²) in [5.74, 6) is -6.87. The lowest BCUT2D eigenvalue weighted by Crippen LogP contribution is -2.65. The largest absolute Gasteiger partial charge is 0.508 e. The highest BCUT2D eigenvalue weighted by Crippen LogP contribution is 2.54. The van der Waals surface area contributed by atoms with Gasteiger partial charge in [-0.2, -0.15) is 0 Å². The molecule has 7 N–H and O–H groups in total. The molecule has 0 unspecified atom stereocenters. The van der Waals surface area contributed by atoms with E-state index in [1.807, 2.05) is 19.0 Å². The van der Waals surface area contributed by atoms with Gasteiger partial charge in [-0.3, -0.25) is 29.0 Å². The first-order chi connectivity index (χ1) is 20.1. The minimum Gasteiger partial charge on any atom is -0.508 e. The second kappa shape index (κ2) is 10.6. The third kappa shape index (κ3) is 4.66. The minimum absolute atomic E-state index is 0.0220. The molecule has 1 aromatic carbocycles. The smallest absolute Gasteiger partial charge is 0.255 e. The monoisotopic (exact) mass is 597 g/mol. The van der Waals surface area contributed by atoms with E-state index in [9.17, 15) is 39.6 Å². The van der Waals surface area contributed by atoms with Crippen molar-refractivity contribution in [3.05, 3.63) is 39.7 Å². The number of Topliss-reactive ketones (excluding diaryl/α,β-unsaturated/α-hetero) is 2. The van der Waals surface area contributed by atoms with Gasteiger partial charge in [-0.1, -0.05) is 0 Å². The van der Waals surface area contributed by atoms with E-state index in [2.05, 4.69) is 10.2 Å². The van der Waals surface area contributed by atoms with Crippen molar-refractivity contribution in [3.8, 4) is 5.75 Å².